The smallest absolute Gasteiger partial charge is 0.267 e. The second-order valence-electron chi connectivity index (χ2n) is 4.96. The minimum Gasteiger partial charge on any atom is -0.396 e. The number of hydrogen-bond donors (Lipinski definition) is 2. The lowest BCUT2D eigenvalue weighted by atomic mass is 10.1. The van der Waals surface area contributed by atoms with Gasteiger partial charge in [-0.15, -0.1) is 0 Å². The first-order valence-corrected chi connectivity index (χ1v) is 6.54. The molecule has 0 saturated carbocycles. The van der Waals surface area contributed by atoms with Crippen molar-refractivity contribution in [1.29, 1.82) is 0 Å². The van der Waals surface area contributed by atoms with Crippen LogP contribution in [0, 0.1) is 0 Å². The number of likely N-dealkylation sites (N-methyl/N-ethyl adjacent to an activating group) is 1. The molecule has 0 bridgehead atoms. The Bertz CT molecular complexity index is 476. The molecule has 0 spiro atoms. The van der Waals surface area contributed by atoms with E-state index in [0.29, 0.717) is 17.5 Å². The first-order valence-electron chi connectivity index (χ1n) is 6.54. The van der Waals surface area contributed by atoms with Crippen molar-refractivity contribution in [1.82, 2.24) is 9.88 Å². The number of nitrogens with zero attached hydrogens (tertiary/aromatic N) is 3. The fraction of sp³-hybridized carbons (Fsp3) is 0.538. The van der Waals surface area contributed by atoms with E-state index >= 15 is 0 Å². The summed E-state index contributed by atoms with van der Waals surface area (Å²) in [5.74, 6) is 0.144. The van der Waals surface area contributed by atoms with E-state index in [2.05, 4.69) is 28.8 Å². The van der Waals surface area contributed by atoms with Gasteiger partial charge in [0.05, 0.1) is 5.69 Å². The molecule has 1 aliphatic rings. The Labute approximate surface area is 113 Å². The van der Waals surface area contributed by atoms with Crippen molar-refractivity contribution >= 4 is 17.4 Å². The van der Waals surface area contributed by atoms with Gasteiger partial charge >= 0.3 is 0 Å². The lowest BCUT2D eigenvalue weighted by Gasteiger charge is -2.40. The Morgan fingerprint density at radius 1 is 1.47 bits per heavy atom. The van der Waals surface area contributed by atoms with Crippen LogP contribution in [-0.4, -0.2) is 48.5 Å². The summed E-state index contributed by atoms with van der Waals surface area (Å²) in [4.78, 5) is 20.0. The Balaban J connectivity index is 2.26. The van der Waals surface area contributed by atoms with Crippen molar-refractivity contribution in [3.05, 3.63) is 17.8 Å². The average molecular weight is 263 g/mol. The van der Waals surface area contributed by atoms with Gasteiger partial charge in [0.2, 0.25) is 0 Å². The standard InChI is InChI=1S/C13H21N5O/c1-3-9-8-18(7-6-17(9)2)13-10(14)4-5-11(16-13)12(15)19/h4-5,9H,3,6-8,14H2,1-2H3,(H2,15,19). The van der Waals surface area contributed by atoms with E-state index in [-0.39, 0.29) is 5.69 Å². The third-order valence-electron chi connectivity index (χ3n) is 3.71. The zero-order chi connectivity index (χ0) is 14.0. The molecule has 6 heteroatoms. The van der Waals surface area contributed by atoms with Crippen LogP contribution in [-0.2, 0) is 0 Å². The lowest BCUT2D eigenvalue weighted by molar-refractivity contribution is 0.0995. The number of aromatic nitrogens is 1. The normalized spacial score (nSPS) is 20.5. The predicted molar refractivity (Wildman–Crippen MR) is 76.1 cm³/mol. The Morgan fingerprint density at radius 2 is 2.21 bits per heavy atom. The number of carbonyl (C=O) groups excluding carboxylic acids is 1. The van der Waals surface area contributed by atoms with Crippen molar-refractivity contribution in [3.63, 3.8) is 0 Å². The van der Waals surface area contributed by atoms with Crippen molar-refractivity contribution in [2.45, 2.75) is 19.4 Å². The van der Waals surface area contributed by atoms with E-state index in [1.165, 1.54) is 0 Å². The number of nitrogens with two attached hydrogens (primary N) is 2. The highest BCUT2D eigenvalue weighted by Crippen LogP contribution is 2.24. The number of pyridine rings is 1. The molecule has 4 N–H and O–H groups in total. The Kier molecular flexibility index (Phi) is 3.90. The third-order valence-corrected chi connectivity index (χ3v) is 3.71. The first-order chi connectivity index (χ1) is 9.02. The van der Waals surface area contributed by atoms with Gasteiger partial charge in [-0.05, 0) is 25.6 Å². The number of primary amides is 1. The van der Waals surface area contributed by atoms with E-state index in [1.54, 1.807) is 12.1 Å². The molecule has 1 unspecified atom stereocenters. The fourth-order valence-electron chi connectivity index (χ4n) is 2.43. The third kappa shape index (κ3) is 2.78. The molecule has 1 aliphatic heterocycles. The second kappa shape index (κ2) is 5.44. The molecule has 1 fully saturated rings. The van der Waals surface area contributed by atoms with Crippen LogP contribution >= 0.6 is 0 Å². The summed E-state index contributed by atoms with van der Waals surface area (Å²) in [6.07, 6.45) is 1.07. The average Bonchev–Trinajstić information content (AvgIpc) is 2.40. The number of carbonyl (C=O) groups is 1. The molecular weight excluding hydrogens is 242 g/mol. The van der Waals surface area contributed by atoms with Gasteiger partial charge in [0.15, 0.2) is 5.82 Å². The SMILES string of the molecule is CCC1CN(c2nc(C(N)=O)ccc2N)CCN1C. The van der Waals surface area contributed by atoms with Gasteiger partial charge in [0, 0.05) is 25.7 Å². The fourth-order valence-corrected chi connectivity index (χ4v) is 2.43. The number of amides is 1. The molecule has 104 valence electrons. The zero-order valence-corrected chi connectivity index (χ0v) is 11.5. The molecule has 1 saturated heterocycles. The molecule has 1 aromatic heterocycles. The second-order valence-corrected chi connectivity index (χ2v) is 4.96. The monoisotopic (exact) mass is 263 g/mol. The Morgan fingerprint density at radius 3 is 2.84 bits per heavy atom. The molecule has 6 nitrogen and oxygen atoms in total. The van der Waals surface area contributed by atoms with Crippen LogP contribution in [0.1, 0.15) is 23.8 Å². The molecular formula is C13H21N5O. The molecule has 0 aromatic carbocycles. The molecule has 1 atom stereocenters. The van der Waals surface area contributed by atoms with Crippen LogP contribution in [0.25, 0.3) is 0 Å². The summed E-state index contributed by atoms with van der Waals surface area (Å²) in [6.45, 7) is 4.85. The highest BCUT2D eigenvalue weighted by atomic mass is 16.1. The molecule has 1 aromatic rings. The van der Waals surface area contributed by atoms with Crippen LogP contribution in [0.5, 0.6) is 0 Å². The molecule has 0 aliphatic carbocycles. The van der Waals surface area contributed by atoms with Gasteiger partial charge in [-0.2, -0.15) is 0 Å². The molecule has 2 rings (SSSR count). The van der Waals surface area contributed by atoms with Crippen LogP contribution in [0.15, 0.2) is 12.1 Å². The van der Waals surface area contributed by atoms with Gasteiger partial charge in [-0.1, -0.05) is 6.92 Å². The maximum atomic E-state index is 11.2. The van der Waals surface area contributed by atoms with Crippen molar-refractivity contribution in [2.24, 2.45) is 5.73 Å². The summed E-state index contributed by atoms with van der Waals surface area (Å²) in [6, 6.07) is 3.74. The van der Waals surface area contributed by atoms with Gasteiger partial charge in [0.25, 0.3) is 5.91 Å². The van der Waals surface area contributed by atoms with E-state index < -0.39 is 5.91 Å². The van der Waals surface area contributed by atoms with E-state index in [0.717, 1.165) is 26.1 Å². The number of anilines is 2. The van der Waals surface area contributed by atoms with Crippen LogP contribution in [0.4, 0.5) is 11.5 Å². The molecule has 2 heterocycles. The van der Waals surface area contributed by atoms with Gasteiger partial charge in [-0.3, -0.25) is 9.69 Å². The highest BCUT2D eigenvalue weighted by molar-refractivity contribution is 5.91. The minimum atomic E-state index is -0.526. The lowest BCUT2D eigenvalue weighted by Crippen LogP contribution is -2.51. The Hall–Kier alpha value is -1.82. The van der Waals surface area contributed by atoms with Gasteiger partial charge in [-0.25, -0.2) is 4.98 Å². The zero-order valence-electron chi connectivity index (χ0n) is 11.5. The summed E-state index contributed by atoms with van der Waals surface area (Å²) in [5.41, 5.74) is 12.1. The minimum absolute atomic E-state index is 0.260. The van der Waals surface area contributed by atoms with E-state index in [4.69, 9.17) is 11.5 Å². The highest BCUT2D eigenvalue weighted by Gasteiger charge is 2.25. The van der Waals surface area contributed by atoms with Crippen molar-refractivity contribution in [3.8, 4) is 0 Å². The van der Waals surface area contributed by atoms with Crippen LogP contribution < -0.4 is 16.4 Å². The quantitative estimate of drug-likeness (QED) is 0.818. The van der Waals surface area contributed by atoms with Gasteiger partial charge < -0.3 is 16.4 Å². The first kappa shape index (κ1) is 13.6. The number of rotatable bonds is 3. The van der Waals surface area contributed by atoms with Crippen molar-refractivity contribution in [2.75, 3.05) is 37.3 Å². The number of nitrogen functional groups attached to an aromatic ring is 1. The summed E-state index contributed by atoms with van der Waals surface area (Å²) in [5, 5.41) is 0. The largest absolute Gasteiger partial charge is 0.396 e. The van der Waals surface area contributed by atoms with Crippen LogP contribution in [0.3, 0.4) is 0 Å². The molecule has 1 amide bonds. The summed E-state index contributed by atoms with van der Waals surface area (Å²) in [7, 11) is 2.13. The maximum absolute atomic E-state index is 11.2. The van der Waals surface area contributed by atoms with E-state index in [1.807, 2.05) is 0 Å². The predicted octanol–water partition coefficient (Wildman–Crippen LogP) is 0.293. The van der Waals surface area contributed by atoms with E-state index in [9.17, 15) is 4.79 Å². The maximum Gasteiger partial charge on any atom is 0.267 e. The topological polar surface area (TPSA) is 88.5 Å². The molecule has 19 heavy (non-hydrogen) atoms. The summed E-state index contributed by atoms with van der Waals surface area (Å²) < 4.78 is 0. The summed E-state index contributed by atoms with van der Waals surface area (Å²) >= 11 is 0. The number of piperazine rings is 1. The van der Waals surface area contributed by atoms with Crippen molar-refractivity contribution < 1.29 is 4.79 Å². The number of hydrogen-bond acceptors (Lipinski definition) is 5. The van der Waals surface area contributed by atoms with Crippen LogP contribution in [0.2, 0.25) is 0 Å². The van der Waals surface area contributed by atoms with Gasteiger partial charge in [0.1, 0.15) is 5.69 Å². The molecule has 0 radical (unpaired) electrons.